The van der Waals surface area contributed by atoms with E-state index in [-0.39, 0.29) is 12.3 Å². The zero-order valence-electron chi connectivity index (χ0n) is 17.5. The van der Waals surface area contributed by atoms with Crippen LogP contribution in [-0.4, -0.2) is 33.9 Å². The Kier molecular flexibility index (Phi) is 6.51. The van der Waals surface area contributed by atoms with Crippen molar-refractivity contribution in [2.24, 2.45) is 14.1 Å². The van der Waals surface area contributed by atoms with Crippen molar-refractivity contribution >= 4 is 45.5 Å². The Morgan fingerprint density at radius 3 is 2.72 bits per heavy atom. The fraction of sp³-hybridized carbons (Fsp3) is 0.300. The van der Waals surface area contributed by atoms with Crippen molar-refractivity contribution in [3.8, 4) is 0 Å². The predicted molar refractivity (Wildman–Crippen MR) is 124 cm³/mol. The van der Waals surface area contributed by atoms with Gasteiger partial charge in [-0.2, -0.15) is 9.36 Å². The van der Waals surface area contributed by atoms with E-state index in [0.29, 0.717) is 34.4 Å². The van der Waals surface area contributed by atoms with Gasteiger partial charge in [-0.15, -0.1) is 0 Å². The molecule has 0 aliphatic carbocycles. The summed E-state index contributed by atoms with van der Waals surface area (Å²) in [5.74, 6) is 0.583. The minimum Gasteiger partial charge on any atom is -0.325 e. The molecule has 166 valence electrons. The number of anilines is 1. The summed E-state index contributed by atoms with van der Waals surface area (Å²) in [6, 6.07) is 10.0. The van der Waals surface area contributed by atoms with E-state index in [1.54, 1.807) is 11.6 Å². The molecule has 0 saturated carbocycles. The van der Waals surface area contributed by atoms with Gasteiger partial charge in [-0.3, -0.25) is 18.7 Å². The maximum Gasteiger partial charge on any atom is 0.332 e. The molecule has 10 nitrogen and oxygen atoms in total. The molecule has 12 heteroatoms. The van der Waals surface area contributed by atoms with Crippen LogP contribution in [0.15, 0.2) is 51.4 Å². The number of imidazole rings is 1. The smallest absolute Gasteiger partial charge is 0.325 e. The SMILES string of the molecule is Cn1c(=O)c2c(ncn2CCCC(=O)Nc2nc(SCc3ccccc3)ns2)n(C)c1=O. The van der Waals surface area contributed by atoms with Crippen LogP contribution in [0.25, 0.3) is 11.2 Å². The van der Waals surface area contributed by atoms with Crippen LogP contribution in [0.4, 0.5) is 5.13 Å². The van der Waals surface area contributed by atoms with Crippen LogP contribution in [0.5, 0.6) is 0 Å². The molecule has 0 fully saturated rings. The molecular weight excluding hydrogens is 450 g/mol. The number of amides is 1. The van der Waals surface area contributed by atoms with E-state index < -0.39 is 11.2 Å². The second-order valence-electron chi connectivity index (χ2n) is 7.12. The summed E-state index contributed by atoms with van der Waals surface area (Å²) in [5.41, 5.74) is 1.03. The number of thioether (sulfide) groups is 1. The number of nitrogens with one attached hydrogen (secondary N) is 1. The first-order valence-electron chi connectivity index (χ1n) is 9.85. The average molecular weight is 472 g/mol. The lowest BCUT2D eigenvalue weighted by atomic mass is 10.2. The van der Waals surface area contributed by atoms with Crippen molar-refractivity contribution < 1.29 is 4.79 Å². The molecule has 0 aliphatic rings. The summed E-state index contributed by atoms with van der Waals surface area (Å²) < 4.78 is 8.34. The molecule has 4 aromatic rings. The van der Waals surface area contributed by atoms with Crippen molar-refractivity contribution in [3.05, 3.63) is 63.1 Å². The van der Waals surface area contributed by atoms with Crippen LogP contribution in [-0.2, 0) is 31.2 Å². The standard InChI is InChI=1S/C20H21N7O3S2/c1-25-16-15(17(29)26(2)20(25)30)27(12-21-16)10-6-9-14(28)22-18-23-19(24-32-18)31-11-13-7-4-3-5-8-13/h3-5,7-8,12H,6,9-11H2,1-2H3,(H,22,23,24,28). The number of carbonyl (C=O) groups excluding carboxylic acids is 1. The average Bonchev–Trinajstić information content (AvgIpc) is 3.42. The van der Waals surface area contributed by atoms with E-state index in [1.807, 2.05) is 30.3 Å². The van der Waals surface area contributed by atoms with E-state index in [4.69, 9.17) is 0 Å². The Hall–Kier alpha value is -3.25. The lowest BCUT2D eigenvalue weighted by Gasteiger charge is -2.06. The van der Waals surface area contributed by atoms with Gasteiger partial charge in [0.1, 0.15) is 0 Å². The van der Waals surface area contributed by atoms with Gasteiger partial charge in [0.05, 0.1) is 6.33 Å². The highest BCUT2D eigenvalue weighted by atomic mass is 32.2. The van der Waals surface area contributed by atoms with Crippen LogP contribution < -0.4 is 16.6 Å². The summed E-state index contributed by atoms with van der Waals surface area (Å²) in [5, 5.41) is 3.86. The molecule has 3 heterocycles. The van der Waals surface area contributed by atoms with Crippen LogP contribution in [0.1, 0.15) is 18.4 Å². The highest BCUT2D eigenvalue weighted by Crippen LogP contribution is 2.23. The molecule has 0 unspecified atom stereocenters. The molecule has 4 rings (SSSR count). The molecular formula is C20H21N7O3S2. The van der Waals surface area contributed by atoms with Crippen molar-refractivity contribution in [1.29, 1.82) is 0 Å². The van der Waals surface area contributed by atoms with Crippen molar-refractivity contribution in [2.75, 3.05) is 5.32 Å². The minimum absolute atomic E-state index is 0.175. The van der Waals surface area contributed by atoms with Gasteiger partial charge in [-0.25, -0.2) is 9.78 Å². The van der Waals surface area contributed by atoms with Gasteiger partial charge < -0.3 is 9.88 Å². The number of aromatic nitrogens is 6. The van der Waals surface area contributed by atoms with Crippen molar-refractivity contribution in [2.45, 2.75) is 30.3 Å². The number of benzene rings is 1. The third-order valence-corrected chi connectivity index (χ3v) is 6.55. The number of fused-ring (bicyclic) bond motifs is 1. The Balaban J connectivity index is 1.31. The van der Waals surface area contributed by atoms with E-state index >= 15 is 0 Å². The third-order valence-electron chi connectivity index (χ3n) is 4.88. The number of nitrogens with zero attached hydrogens (tertiary/aromatic N) is 6. The lowest BCUT2D eigenvalue weighted by molar-refractivity contribution is -0.116. The van der Waals surface area contributed by atoms with Gasteiger partial charge in [0.15, 0.2) is 11.2 Å². The normalized spacial score (nSPS) is 11.2. The number of carbonyl (C=O) groups is 1. The van der Waals surface area contributed by atoms with E-state index in [0.717, 1.165) is 21.9 Å². The second-order valence-corrected chi connectivity index (χ2v) is 8.82. The third kappa shape index (κ3) is 4.65. The van der Waals surface area contributed by atoms with Gasteiger partial charge in [0, 0.05) is 44.3 Å². The number of hydrogen-bond donors (Lipinski definition) is 1. The fourth-order valence-electron chi connectivity index (χ4n) is 3.20. The first-order chi connectivity index (χ1) is 15.4. The first kappa shape index (κ1) is 22.0. The summed E-state index contributed by atoms with van der Waals surface area (Å²) >= 11 is 2.66. The van der Waals surface area contributed by atoms with Crippen molar-refractivity contribution in [3.63, 3.8) is 0 Å². The van der Waals surface area contributed by atoms with Crippen LogP contribution in [0.2, 0.25) is 0 Å². The first-order valence-corrected chi connectivity index (χ1v) is 11.6. The molecule has 0 saturated heterocycles. The molecule has 0 spiro atoms. The van der Waals surface area contributed by atoms with E-state index in [2.05, 4.69) is 19.7 Å². The molecule has 0 bridgehead atoms. The van der Waals surface area contributed by atoms with Crippen LogP contribution in [0, 0.1) is 0 Å². The van der Waals surface area contributed by atoms with Crippen LogP contribution in [0.3, 0.4) is 0 Å². The van der Waals surface area contributed by atoms with Crippen LogP contribution >= 0.6 is 23.3 Å². The topological polar surface area (TPSA) is 117 Å². The number of rotatable bonds is 8. The number of hydrogen-bond acceptors (Lipinski definition) is 8. The van der Waals surface area contributed by atoms with E-state index in [1.165, 1.54) is 35.3 Å². The summed E-state index contributed by atoms with van der Waals surface area (Å²) in [7, 11) is 3.01. The molecule has 32 heavy (non-hydrogen) atoms. The zero-order chi connectivity index (χ0) is 22.7. The maximum absolute atomic E-state index is 12.5. The Morgan fingerprint density at radius 1 is 1.16 bits per heavy atom. The molecule has 3 aromatic heterocycles. The van der Waals surface area contributed by atoms with Gasteiger partial charge >= 0.3 is 5.69 Å². The lowest BCUT2D eigenvalue weighted by Crippen LogP contribution is -2.37. The Bertz CT molecular complexity index is 1370. The van der Waals surface area contributed by atoms with Gasteiger partial charge in [0.2, 0.25) is 16.2 Å². The van der Waals surface area contributed by atoms with Gasteiger partial charge in [-0.05, 0) is 12.0 Å². The van der Waals surface area contributed by atoms with E-state index in [9.17, 15) is 14.4 Å². The highest BCUT2D eigenvalue weighted by Gasteiger charge is 2.15. The molecule has 1 aromatic carbocycles. The highest BCUT2D eigenvalue weighted by molar-refractivity contribution is 7.98. The van der Waals surface area contributed by atoms with Gasteiger partial charge in [-0.1, -0.05) is 42.1 Å². The Labute approximate surface area is 191 Å². The predicted octanol–water partition coefficient (Wildman–Crippen LogP) is 2.00. The Morgan fingerprint density at radius 2 is 1.94 bits per heavy atom. The molecule has 0 atom stereocenters. The number of aryl methyl sites for hydroxylation is 2. The monoisotopic (exact) mass is 471 g/mol. The fourth-order valence-corrected chi connectivity index (χ4v) is 4.72. The second kappa shape index (κ2) is 9.49. The molecule has 1 amide bonds. The molecule has 0 aliphatic heterocycles. The molecule has 0 radical (unpaired) electrons. The minimum atomic E-state index is -0.425. The maximum atomic E-state index is 12.5. The largest absolute Gasteiger partial charge is 0.332 e. The molecule has 1 N–H and O–H groups in total. The van der Waals surface area contributed by atoms with Crippen molar-refractivity contribution in [1.82, 2.24) is 28.0 Å². The summed E-state index contributed by atoms with van der Waals surface area (Å²) in [6.45, 7) is 0.422. The quantitative estimate of drug-likeness (QED) is 0.391. The van der Waals surface area contributed by atoms with Gasteiger partial charge in [0.25, 0.3) is 5.56 Å². The zero-order valence-corrected chi connectivity index (χ0v) is 19.2. The summed E-state index contributed by atoms with van der Waals surface area (Å²) in [4.78, 5) is 45.3. The summed E-state index contributed by atoms with van der Waals surface area (Å²) in [6.07, 6.45) is 2.26.